The van der Waals surface area contributed by atoms with Gasteiger partial charge in [0, 0.05) is 35.4 Å². The molecule has 1 aliphatic carbocycles. The van der Waals surface area contributed by atoms with Crippen LogP contribution in [0, 0.1) is 5.41 Å². The van der Waals surface area contributed by atoms with Crippen LogP contribution in [0.4, 0.5) is 4.79 Å². The van der Waals surface area contributed by atoms with Crippen molar-refractivity contribution in [2.75, 3.05) is 19.3 Å². The highest BCUT2D eigenvalue weighted by Crippen LogP contribution is 2.37. The van der Waals surface area contributed by atoms with Crippen molar-refractivity contribution in [3.05, 3.63) is 0 Å². The molecule has 0 aliphatic heterocycles. The molecule has 0 bridgehead atoms. The van der Waals surface area contributed by atoms with E-state index in [1.165, 1.54) is 0 Å². The van der Waals surface area contributed by atoms with Gasteiger partial charge in [0.05, 0.1) is 5.41 Å². The lowest BCUT2D eigenvalue weighted by molar-refractivity contribution is -0.148. The lowest BCUT2D eigenvalue weighted by Gasteiger charge is -2.24. The summed E-state index contributed by atoms with van der Waals surface area (Å²) in [6.45, 7) is 2.48. The maximum atomic E-state index is 11.6. The molecule has 0 aromatic rings. The molecule has 0 saturated heterocycles. The van der Waals surface area contributed by atoms with Crippen LogP contribution in [0.1, 0.15) is 39.0 Å². The Morgan fingerprint density at radius 3 is 2.40 bits per heavy atom. The summed E-state index contributed by atoms with van der Waals surface area (Å²) in [7, 11) is -0.893. The number of rotatable bonds is 7. The SMILES string of the molecule is CC(CCNC(=O)NCC1(C(=O)O)CCCC1)S(C)=O. The van der Waals surface area contributed by atoms with Crippen molar-refractivity contribution in [2.24, 2.45) is 5.41 Å². The first-order valence-electron chi connectivity index (χ1n) is 6.95. The minimum atomic E-state index is -0.893. The van der Waals surface area contributed by atoms with Crippen molar-refractivity contribution in [3.8, 4) is 0 Å². The van der Waals surface area contributed by atoms with Gasteiger partial charge in [-0.15, -0.1) is 0 Å². The summed E-state index contributed by atoms with van der Waals surface area (Å²) < 4.78 is 11.2. The number of carboxylic acid groups (broad SMARTS) is 1. The third-order valence-corrected chi connectivity index (χ3v) is 5.37. The van der Waals surface area contributed by atoms with E-state index in [1.54, 1.807) is 6.26 Å². The average molecular weight is 304 g/mol. The largest absolute Gasteiger partial charge is 0.481 e. The Kier molecular flexibility index (Phi) is 6.45. The predicted molar refractivity (Wildman–Crippen MR) is 78.1 cm³/mol. The number of carbonyl (C=O) groups is 2. The van der Waals surface area contributed by atoms with Gasteiger partial charge in [0.2, 0.25) is 0 Å². The lowest BCUT2D eigenvalue weighted by Crippen LogP contribution is -2.45. The third kappa shape index (κ3) is 4.77. The molecule has 1 aliphatic rings. The number of hydrogen-bond acceptors (Lipinski definition) is 3. The number of urea groups is 1. The van der Waals surface area contributed by atoms with Crippen molar-refractivity contribution in [2.45, 2.75) is 44.3 Å². The topological polar surface area (TPSA) is 95.5 Å². The molecule has 1 saturated carbocycles. The molecule has 3 N–H and O–H groups in total. The van der Waals surface area contributed by atoms with Crippen LogP contribution in [-0.2, 0) is 15.6 Å². The first kappa shape index (κ1) is 16.9. The van der Waals surface area contributed by atoms with Crippen molar-refractivity contribution in [1.29, 1.82) is 0 Å². The molecular weight excluding hydrogens is 280 g/mol. The summed E-state index contributed by atoms with van der Waals surface area (Å²) in [5.74, 6) is -0.828. The van der Waals surface area contributed by atoms with Crippen molar-refractivity contribution < 1.29 is 18.9 Å². The zero-order valence-corrected chi connectivity index (χ0v) is 12.9. The summed E-state index contributed by atoms with van der Waals surface area (Å²) >= 11 is 0. The van der Waals surface area contributed by atoms with E-state index in [2.05, 4.69) is 10.6 Å². The maximum absolute atomic E-state index is 11.6. The summed E-state index contributed by atoms with van der Waals surface area (Å²) in [4.78, 5) is 22.9. The Balaban J connectivity index is 2.29. The normalized spacial score (nSPS) is 20.1. The summed E-state index contributed by atoms with van der Waals surface area (Å²) in [6, 6.07) is -0.355. The van der Waals surface area contributed by atoms with E-state index in [1.807, 2.05) is 6.92 Å². The second kappa shape index (κ2) is 7.61. The second-order valence-corrected chi connectivity index (χ2v) is 7.30. The van der Waals surface area contributed by atoms with E-state index in [0.717, 1.165) is 12.8 Å². The fraction of sp³-hybridized carbons (Fsp3) is 0.846. The molecule has 116 valence electrons. The van der Waals surface area contributed by atoms with E-state index >= 15 is 0 Å². The minimum absolute atomic E-state index is 0.0375. The average Bonchev–Trinajstić information content (AvgIpc) is 2.86. The highest BCUT2D eigenvalue weighted by Gasteiger charge is 2.41. The molecule has 0 heterocycles. The van der Waals surface area contributed by atoms with Crippen LogP contribution in [0.25, 0.3) is 0 Å². The van der Waals surface area contributed by atoms with Gasteiger partial charge in [-0.2, -0.15) is 0 Å². The van der Waals surface area contributed by atoms with Crippen molar-refractivity contribution >= 4 is 22.8 Å². The van der Waals surface area contributed by atoms with Gasteiger partial charge in [0.25, 0.3) is 0 Å². The Bertz CT molecular complexity index is 381. The van der Waals surface area contributed by atoms with Crippen molar-refractivity contribution in [1.82, 2.24) is 10.6 Å². The molecule has 6 nitrogen and oxygen atoms in total. The number of amides is 2. The van der Waals surface area contributed by atoms with Gasteiger partial charge in [-0.1, -0.05) is 19.8 Å². The Morgan fingerprint density at radius 1 is 1.30 bits per heavy atom. The standard InChI is InChI=1S/C13H24N2O4S/c1-10(20(2)19)5-8-14-12(18)15-9-13(11(16)17)6-3-4-7-13/h10H,3-9H2,1-2H3,(H,16,17)(H2,14,15,18). The predicted octanol–water partition coefficient (Wildman–Crippen LogP) is 1.09. The molecule has 0 radical (unpaired) electrons. The first-order chi connectivity index (χ1) is 9.37. The number of aliphatic carboxylic acids is 1. The van der Waals surface area contributed by atoms with Crippen LogP contribution in [0.5, 0.6) is 0 Å². The number of carboxylic acids is 1. The molecule has 1 rings (SSSR count). The molecule has 0 aromatic carbocycles. The molecule has 0 aromatic heterocycles. The fourth-order valence-electron chi connectivity index (χ4n) is 2.38. The Morgan fingerprint density at radius 2 is 1.90 bits per heavy atom. The van der Waals surface area contributed by atoms with Crippen LogP contribution in [0.15, 0.2) is 0 Å². The molecule has 20 heavy (non-hydrogen) atoms. The van der Waals surface area contributed by atoms with Crippen LogP contribution < -0.4 is 10.6 Å². The highest BCUT2D eigenvalue weighted by molar-refractivity contribution is 7.84. The smallest absolute Gasteiger partial charge is 0.314 e. The lowest BCUT2D eigenvalue weighted by atomic mass is 9.86. The zero-order valence-electron chi connectivity index (χ0n) is 12.1. The van der Waals surface area contributed by atoms with Crippen LogP contribution in [0.3, 0.4) is 0 Å². The summed E-state index contributed by atoms with van der Waals surface area (Å²) in [5, 5.41) is 14.6. The Hall–Kier alpha value is -1.11. The molecule has 2 unspecified atom stereocenters. The third-order valence-electron chi connectivity index (χ3n) is 4.00. The minimum Gasteiger partial charge on any atom is -0.481 e. The van der Waals surface area contributed by atoms with Crippen molar-refractivity contribution in [3.63, 3.8) is 0 Å². The molecule has 2 atom stereocenters. The Labute approximate surface area is 122 Å². The highest BCUT2D eigenvalue weighted by atomic mass is 32.2. The van der Waals surface area contributed by atoms with Gasteiger partial charge in [0.1, 0.15) is 0 Å². The number of carbonyl (C=O) groups excluding carboxylic acids is 1. The zero-order chi connectivity index (χ0) is 15.2. The van der Waals surface area contributed by atoms with E-state index < -0.39 is 22.2 Å². The summed E-state index contributed by atoms with van der Waals surface area (Å²) in [6.07, 6.45) is 5.32. The quantitative estimate of drug-likeness (QED) is 0.656. The number of nitrogens with one attached hydrogen (secondary N) is 2. The van der Waals surface area contributed by atoms with Crippen LogP contribution in [0.2, 0.25) is 0 Å². The summed E-state index contributed by atoms with van der Waals surface area (Å²) in [5.41, 5.74) is -0.796. The fourth-order valence-corrected chi connectivity index (χ4v) is 2.83. The van der Waals surface area contributed by atoms with Gasteiger partial charge in [-0.25, -0.2) is 4.79 Å². The molecule has 1 fully saturated rings. The van der Waals surface area contributed by atoms with E-state index in [4.69, 9.17) is 0 Å². The second-order valence-electron chi connectivity index (χ2n) is 5.50. The van der Waals surface area contributed by atoms with E-state index in [0.29, 0.717) is 25.8 Å². The monoisotopic (exact) mass is 304 g/mol. The van der Waals surface area contributed by atoms with E-state index in [-0.39, 0.29) is 17.8 Å². The maximum Gasteiger partial charge on any atom is 0.314 e. The molecule has 0 spiro atoms. The van der Waals surface area contributed by atoms with Gasteiger partial charge < -0.3 is 15.7 Å². The van der Waals surface area contributed by atoms with Gasteiger partial charge >= 0.3 is 12.0 Å². The molecule has 2 amide bonds. The molecule has 7 heteroatoms. The first-order valence-corrected chi connectivity index (χ1v) is 8.57. The van der Waals surface area contributed by atoms with Gasteiger partial charge in [0.15, 0.2) is 0 Å². The molecular formula is C13H24N2O4S. The van der Waals surface area contributed by atoms with E-state index in [9.17, 15) is 18.9 Å². The van der Waals surface area contributed by atoms with Crippen LogP contribution in [-0.4, -0.2) is 45.9 Å². The van der Waals surface area contributed by atoms with Gasteiger partial charge in [-0.05, 0) is 19.3 Å². The van der Waals surface area contributed by atoms with Gasteiger partial charge in [-0.3, -0.25) is 9.00 Å². The van der Waals surface area contributed by atoms with Crippen LogP contribution >= 0.6 is 0 Å². The number of hydrogen-bond donors (Lipinski definition) is 3.